The molecule has 1 saturated heterocycles. The molecule has 2 nitrogen and oxygen atoms in total. The van der Waals surface area contributed by atoms with Crippen LogP contribution in [0, 0.1) is 6.92 Å². The van der Waals surface area contributed by atoms with Crippen LogP contribution in [-0.2, 0) is 5.88 Å². The summed E-state index contributed by atoms with van der Waals surface area (Å²) < 4.78 is 2.38. The number of aryl methyl sites for hydroxylation is 1. The number of rotatable bonds is 2. The van der Waals surface area contributed by atoms with Crippen LogP contribution in [0.2, 0.25) is 0 Å². The minimum absolute atomic E-state index is 0.497. The van der Waals surface area contributed by atoms with E-state index in [1.165, 1.54) is 35.4 Å². The minimum atomic E-state index is 0.497. The molecule has 1 aromatic carbocycles. The molecule has 0 unspecified atom stereocenters. The number of alkyl halides is 1. The SMILES string of the molecule is Cc1ccc2c(c1)nc(CCl)n2C1CCSCC1. The summed E-state index contributed by atoms with van der Waals surface area (Å²) in [7, 11) is 0. The molecular formula is C14H17ClN2S. The van der Waals surface area contributed by atoms with Gasteiger partial charge in [0.05, 0.1) is 16.9 Å². The third kappa shape index (κ3) is 2.14. The van der Waals surface area contributed by atoms with Gasteiger partial charge in [0.25, 0.3) is 0 Å². The third-order valence-electron chi connectivity index (χ3n) is 3.59. The second kappa shape index (κ2) is 5.14. The molecule has 0 N–H and O–H groups in total. The van der Waals surface area contributed by atoms with E-state index in [-0.39, 0.29) is 0 Å². The maximum absolute atomic E-state index is 6.07. The van der Waals surface area contributed by atoms with Crippen molar-refractivity contribution >= 4 is 34.4 Å². The lowest BCUT2D eigenvalue weighted by atomic mass is 10.1. The summed E-state index contributed by atoms with van der Waals surface area (Å²) >= 11 is 8.12. The van der Waals surface area contributed by atoms with Gasteiger partial charge in [0.15, 0.2) is 0 Å². The van der Waals surface area contributed by atoms with Crippen molar-refractivity contribution in [3.8, 4) is 0 Å². The predicted octanol–water partition coefficient (Wildman–Crippen LogP) is 4.15. The van der Waals surface area contributed by atoms with Crippen molar-refractivity contribution in [3.05, 3.63) is 29.6 Å². The van der Waals surface area contributed by atoms with E-state index in [0.717, 1.165) is 11.3 Å². The highest BCUT2D eigenvalue weighted by Gasteiger charge is 2.21. The Bertz CT molecular complexity index is 558. The van der Waals surface area contributed by atoms with E-state index in [1.54, 1.807) is 0 Å². The summed E-state index contributed by atoms with van der Waals surface area (Å²) in [5.74, 6) is 4.02. The first-order chi connectivity index (χ1) is 8.79. The molecule has 96 valence electrons. The molecule has 2 aromatic rings. The van der Waals surface area contributed by atoms with Crippen molar-refractivity contribution in [1.29, 1.82) is 0 Å². The summed E-state index contributed by atoms with van der Waals surface area (Å²) in [5, 5.41) is 0. The maximum atomic E-state index is 6.07. The molecule has 1 aromatic heterocycles. The number of hydrogen-bond acceptors (Lipinski definition) is 2. The van der Waals surface area contributed by atoms with E-state index >= 15 is 0 Å². The molecule has 2 heterocycles. The number of halogens is 1. The number of aromatic nitrogens is 2. The monoisotopic (exact) mass is 280 g/mol. The molecule has 1 fully saturated rings. The van der Waals surface area contributed by atoms with Gasteiger partial charge < -0.3 is 4.57 Å². The predicted molar refractivity (Wildman–Crippen MR) is 79.6 cm³/mol. The number of nitrogens with zero attached hydrogens (tertiary/aromatic N) is 2. The Morgan fingerprint density at radius 2 is 2.17 bits per heavy atom. The molecule has 1 aliphatic rings. The number of benzene rings is 1. The smallest absolute Gasteiger partial charge is 0.125 e. The zero-order valence-corrected chi connectivity index (χ0v) is 12.1. The van der Waals surface area contributed by atoms with E-state index in [4.69, 9.17) is 16.6 Å². The lowest BCUT2D eigenvalue weighted by molar-refractivity contribution is 0.470. The van der Waals surface area contributed by atoms with Gasteiger partial charge in [-0.25, -0.2) is 4.98 Å². The molecule has 0 aliphatic carbocycles. The van der Waals surface area contributed by atoms with Gasteiger partial charge in [-0.05, 0) is 49.0 Å². The molecule has 1 aliphatic heterocycles. The van der Waals surface area contributed by atoms with Crippen molar-refractivity contribution < 1.29 is 0 Å². The quantitative estimate of drug-likeness (QED) is 0.769. The zero-order chi connectivity index (χ0) is 12.5. The van der Waals surface area contributed by atoms with Gasteiger partial charge in [0.1, 0.15) is 5.82 Å². The molecule has 0 atom stereocenters. The lowest BCUT2D eigenvalue weighted by Crippen LogP contribution is -2.17. The van der Waals surface area contributed by atoms with Gasteiger partial charge in [0, 0.05) is 6.04 Å². The van der Waals surface area contributed by atoms with Crippen LogP contribution >= 0.6 is 23.4 Å². The number of imidazole rings is 1. The van der Waals surface area contributed by atoms with E-state index in [0.29, 0.717) is 11.9 Å². The third-order valence-corrected chi connectivity index (χ3v) is 4.88. The van der Waals surface area contributed by atoms with Crippen LogP contribution in [0.3, 0.4) is 0 Å². The molecule has 3 rings (SSSR count). The number of fused-ring (bicyclic) bond motifs is 1. The fourth-order valence-corrected chi connectivity index (χ4v) is 3.97. The Labute approximate surface area is 117 Å². The first-order valence-electron chi connectivity index (χ1n) is 6.41. The minimum Gasteiger partial charge on any atom is -0.324 e. The summed E-state index contributed by atoms with van der Waals surface area (Å²) in [6, 6.07) is 7.08. The second-order valence-corrected chi connectivity index (χ2v) is 6.36. The highest BCUT2D eigenvalue weighted by atomic mass is 35.5. The summed E-state index contributed by atoms with van der Waals surface area (Å²) in [5.41, 5.74) is 3.59. The van der Waals surface area contributed by atoms with Crippen LogP contribution in [0.1, 0.15) is 30.3 Å². The summed E-state index contributed by atoms with van der Waals surface area (Å²) in [6.07, 6.45) is 2.46. The molecule has 0 saturated carbocycles. The average Bonchev–Trinajstić information content (AvgIpc) is 2.77. The summed E-state index contributed by atoms with van der Waals surface area (Å²) in [6.45, 7) is 2.11. The van der Waals surface area contributed by atoms with Crippen molar-refractivity contribution in [2.24, 2.45) is 0 Å². The standard InChI is InChI=1S/C14H17ClN2S/c1-10-2-3-13-12(8-10)16-14(9-15)17(13)11-4-6-18-7-5-11/h2-3,8,11H,4-7,9H2,1H3. The molecule has 0 spiro atoms. The Kier molecular flexibility index (Phi) is 3.53. The Balaban J connectivity index is 2.12. The van der Waals surface area contributed by atoms with Crippen molar-refractivity contribution in [1.82, 2.24) is 9.55 Å². The second-order valence-electron chi connectivity index (χ2n) is 4.87. The molecule has 0 radical (unpaired) electrons. The van der Waals surface area contributed by atoms with Gasteiger partial charge in [-0.3, -0.25) is 0 Å². The fraction of sp³-hybridized carbons (Fsp3) is 0.500. The van der Waals surface area contributed by atoms with Gasteiger partial charge in [0.2, 0.25) is 0 Å². The summed E-state index contributed by atoms with van der Waals surface area (Å²) in [4.78, 5) is 4.69. The van der Waals surface area contributed by atoms with E-state index in [2.05, 4.69) is 41.5 Å². The van der Waals surface area contributed by atoms with Crippen molar-refractivity contribution in [2.75, 3.05) is 11.5 Å². The maximum Gasteiger partial charge on any atom is 0.125 e. The lowest BCUT2D eigenvalue weighted by Gasteiger charge is -2.25. The van der Waals surface area contributed by atoms with E-state index in [1.807, 2.05) is 0 Å². The van der Waals surface area contributed by atoms with Gasteiger partial charge in [-0.2, -0.15) is 11.8 Å². The highest BCUT2D eigenvalue weighted by molar-refractivity contribution is 7.99. The number of hydrogen-bond donors (Lipinski definition) is 0. The van der Waals surface area contributed by atoms with Crippen LogP contribution in [0.4, 0.5) is 0 Å². The molecule has 18 heavy (non-hydrogen) atoms. The van der Waals surface area contributed by atoms with Crippen molar-refractivity contribution in [2.45, 2.75) is 31.7 Å². The normalized spacial score (nSPS) is 17.4. The first kappa shape index (κ1) is 12.4. The van der Waals surface area contributed by atoms with Gasteiger partial charge >= 0.3 is 0 Å². The van der Waals surface area contributed by atoms with Crippen LogP contribution < -0.4 is 0 Å². The van der Waals surface area contributed by atoms with Crippen molar-refractivity contribution in [3.63, 3.8) is 0 Å². The average molecular weight is 281 g/mol. The Morgan fingerprint density at radius 1 is 1.39 bits per heavy atom. The molecule has 0 bridgehead atoms. The highest BCUT2D eigenvalue weighted by Crippen LogP contribution is 2.32. The Hall–Kier alpha value is -0.670. The molecular weight excluding hydrogens is 264 g/mol. The largest absolute Gasteiger partial charge is 0.324 e. The van der Waals surface area contributed by atoms with E-state index < -0.39 is 0 Å². The Morgan fingerprint density at radius 3 is 2.89 bits per heavy atom. The van der Waals surface area contributed by atoms with E-state index in [9.17, 15) is 0 Å². The van der Waals surface area contributed by atoms with Crippen LogP contribution in [0.5, 0.6) is 0 Å². The van der Waals surface area contributed by atoms with Crippen LogP contribution in [0.25, 0.3) is 11.0 Å². The number of thioether (sulfide) groups is 1. The zero-order valence-electron chi connectivity index (χ0n) is 10.5. The van der Waals surface area contributed by atoms with Crippen LogP contribution in [-0.4, -0.2) is 21.1 Å². The fourth-order valence-electron chi connectivity index (χ4n) is 2.70. The van der Waals surface area contributed by atoms with Gasteiger partial charge in [-0.15, -0.1) is 11.6 Å². The van der Waals surface area contributed by atoms with Crippen LogP contribution in [0.15, 0.2) is 18.2 Å². The topological polar surface area (TPSA) is 17.8 Å². The van der Waals surface area contributed by atoms with Gasteiger partial charge in [-0.1, -0.05) is 6.07 Å². The first-order valence-corrected chi connectivity index (χ1v) is 8.09. The molecule has 4 heteroatoms. The molecule has 0 amide bonds.